The molecule has 4 rings (SSSR count). The Morgan fingerprint density at radius 2 is 1.97 bits per heavy atom. The Hall–Kier alpha value is -3.20. The minimum Gasteiger partial charge on any atom is -0.286 e. The molecule has 0 fully saturated rings. The molecule has 0 N–H and O–H groups in total. The van der Waals surface area contributed by atoms with Crippen LogP contribution in [0.2, 0.25) is 0 Å². The Bertz CT molecular complexity index is 1200. The van der Waals surface area contributed by atoms with Gasteiger partial charge in [-0.15, -0.1) is 0 Å². The smallest absolute Gasteiger partial charge is 0.286 e. The summed E-state index contributed by atoms with van der Waals surface area (Å²) in [4.78, 5) is 18.9. The number of benzene rings is 2. The molecule has 0 saturated carbocycles. The molecule has 9 heteroatoms. The van der Waals surface area contributed by atoms with Crippen LogP contribution in [0.1, 0.15) is 16.7 Å². The number of hydrogen-bond acceptors (Lipinski definition) is 4. The Labute approximate surface area is 180 Å². The number of anilines is 1. The van der Waals surface area contributed by atoms with Gasteiger partial charge in [-0.25, -0.2) is 4.98 Å². The van der Waals surface area contributed by atoms with Crippen LogP contribution in [0.25, 0.3) is 10.2 Å². The molecule has 0 bridgehead atoms. The molecule has 0 spiro atoms. The third-order valence-electron chi connectivity index (χ3n) is 4.79. The average molecular weight is 444 g/mol. The van der Waals surface area contributed by atoms with E-state index in [1.54, 1.807) is 29.2 Å². The van der Waals surface area contributed by atoms with Crippen LogP contribution >= 0.6 is 11.3 Å². The number of aryl methyl sites for hydroxylation is 1. The molecule has 0 aliphatic heterocycles. The standard InChI is InChI=1S/C22H19F3N4OS/c1-15-5-2-6-16(13-15)14-19(30)29(12-11-28-10-4-9-26-28)21-27-20-17(22(23,24)25)7-3-8-18(20)31-21/h2-10,13H,11-12,14H2,1H3. The van der Waals surface area contributed by atoms with E-state index in [4.69, 9.17) is 0 Å². The lowest BCUT2D eigenvalue weighted by Gasteiger charge is -2.20. The summed E-state index contributed by atoms with van der Waals surface area (Å²) < 4.78 is 42.3. The predicted octanol–water partition coefficient (Wildman–Crippen LogP) is 5.10. The lowest BCUT2D eigenvalue weighted by atomic mass is 10.1. The number of para-hydroxylation sites is 1. The van der Waals surface area contributed by atoms with Gasteiger partial charge < -0.3 is 0 Å². The van der Waals surface area contributed by atoms with Crippen molar-refractivity contribution in [3.8, 4) is 0 Å². The first-order valence-corrected chi connectivity index (χ1v) is 10.4. The number of nitrogens with zero attached hydrogens (tertiary/aromatic N) is 4. The van der Waals surface area contributed by atoms with E-state index in [0.717, 1.165) is 28.5 Å². The van der Waals surface area contributed by atoms with Crippen LogP contribution in [-0.4, -0.2) is 27.2 Å². The minimum absolute atomic E-state index is 0.128. The number of carbonyl (C=O) groups excluding carboxylic acids is 1. The predicted molar refractivity (Wildman–Crippen MR) is 114 cm³/mol. The second-order valence-corrected chi connectivity index (χ2v) is 8.14. The normalized spacial score (nSPS) is 11.7. The molecule has 4 aromatic rings. The van der Waals surface area contributed by atoms with E-state index >= 15 is 0 Å². The van der Waals surface area contributed by atoms with Crippen LogP contribution in [0, 0.1) is 6.92 Å². The van der Waals surface area contributed by atoms with Crippen LogP contribution in [0.15, 0.2) is 60.9 Å². The highest BCUT2D eigenvalue weighted by Crippen LogP contribution is 2.38. The van der Waals surface area contributed by atoms with Crippen molar-refractivity contribution in [2.75, 3.05) is 11.4 Å². The molecule has 0 aliphatic carbocycles. The monoisotopic (exact) mass is 444 g/mol. The summed E-state index contributed by atoms with van der Waals surface area (Å²) in [5, 5.41) is 4.39. The van der Waals surface area contributed by atoms with Crippen LogP contribution in [0.5, 0.6) is 0 Å². The first-order chi connectivity index (χ1) is 14.8. The van der Waals surface area contributed by atoms with Gasteiger partial charge in [0.25, 0.3) is 0 Å². The van der Waals surface area contributed by atoms with Crippen molar-refractivity contribution in [3.05, 3.63) is 77.6 Å². The van der Waals surface area contributed by atoms with Gasteiger partial charge in [-0.1, -0.05) is 47.2 Å². The molecular formula is C22H19F3N4OS. The average Bonchev–Trinajstić information content (AvgIpc) is 3.36. The van der Waals surface area contributed by atoms with Crippen LogP contribution in [-0.2, 0) is 23.9 Å². The topological polar surface area (TPSA) is 51.0 Å². The van der Waals surface area contributed by atoms with Crippen molar-refractivity contribution < 1.29 is 18.0 Å². The van der Waals surface area contributed by atoms with Crippen LogP contribution in [0.3, 0.4) is 0 Å². The Morgan fingerprint density at radius 3 is 2.68 bits per heavy atom. The number of rotatable bonds is 6. The van der Waals surface area contributed by atoms with Gasteiger partial charge in [-0.3, -0.25) is 14.4 Å². The van der Waals surface area contributed by atoms with Gasteiger partial charge in [-0.2, -0.15) is 18.3 Å². The van der Waals surface area contributed by atoms with Gasteiger partial charge in [0.1, 0.15) is 0 Å². The zero-order chi connectivity index (χ0) is 22.0. The van der Waals surface area contributed by atoms with Gasteiger partial charge in [0.2, 0.25) is 5.91 Å². The van der Waals surface area contributed by atoms with Gasteiger partial charge in [0, 0.05) is 18.9 Å². The fourth-order valence-corrected chi connectivity index (χ4v) is 4.37. The van der Waals surface area contributed by atoms with E-state index in [1.807, 2.05) is 31.2 Å². The van der Waals surface area contributed by atoms with Crippen molar-refractivity contribution in [1.82, 2.24) is 14.8 Å². The van der Waals surface area contributed by atoms with Crippen molar-refractivity contribution in [2.24, 2.45) is 0 Å². The highest BCUT2D eigenvalue weighted by Gasteiger charge is 2.34. The maximum atomic E-state index is 13.4. The van der Waals surface area contributed by atoms with E-state index in [2.05, 4.69) is 10.1 Å². The van der Waals surface area contributed by atoms with Crippen molar-refractivity contribution in [1.29, 1.82) is 0 Å². The molecule has 0 unspecified atom stereocenters. The van der Waals surface area contributed by atoms with Crippen LogP contribution < -0.4 is 4.90 Å². The van der Waals surface area contributed by atoms with E-state index in [-0.39, 0.29) is 29.5 Å². The summed E-state index contributed by atoms with van der Waals surface area (Å²) in [7, 11) is 0. The first kappa shape index (κ1) is 21.0. The maximum Gasteiger partial charge on any atom is 0.418 e. The quantitative estimate of drug-likeness (QED) is 0.416. The Balaban J connectivity index is 1.68. The minimum atomic E-state index is -4.52. The first-order valence-electron chi connectivity index (χ1n) is 9.61. The lowest BCUT2D eigenvalue weighted by Crippen LogP contribution is -2.35. The second-order valence-electron chi connectivity index (χ2n) is 7.13. The molecule has 0 saturated heterocycles. The molecule has 1 amide bonds. The third-order valence-corrected chi connectivity index (χ3v) is 5.84. The molecule has 2 aromatic heterocycles. The van der Waals surface area contributed by atoms with Crippen LogP contribution in [0.4, 0.5) is 18.3 Å². The van der Waals surface area contributed by atoms with Crippen molar-refractivity contribution >= 4 is 32.6 Å². The number of thiazole rings is 1. The SMILES string of the molecule is Cc1cccc(CC(=O)N(CCn2cccn2)c2nc3c(C(F)(F)F)cccc3s2)c1. The van der Waals surface area contributed by atoms with Gasteiger partial charge in [-0.05, 0) is 30.7 Å². The molecule has 160 valence electrons. The summed E-state index contributed by atoms with van der Waals surface area (Å²) in [6.45, 7) is 2.58. The molecule has 31 heavy (non-hydrogen) atoms. The van der Waals surface area contributed by atoms with Crippen molar-refractivity contribution in [3.63, 3.8) is 0 Å². The lowest BCUT2D eigenvalue weighted by molar-refractivity contribution is -0.136. The molecule has 0 radical (unpaired) electrons. The van der Waals surface area contributed by atoms with Gasteiger partial charge >= 0.3 is 6.18 Å². The fourth-order valence-electron chi connectivity index (χ4n) is 3.34. The number of amides is 1. The van der Waals surface area contributed by atoms with Gasteiger partial charge in [0.15, 0.2) is 5.13 Å². The van der Waals surface area contributed by atoms with E-state index in [9.17, 15) is 18.0 Å². The second kappa shape index (κ2) is 8.50. The number of hydrogen-bond donors (Lipinski definition) is 0. The summed E-state index contributed by atoms with van der Waals surface area (Å²) in [6.07, 6.45) is -0.991. The maximum absolute atomic E-state index is 13.4. The largest absolute Gasteiger partial charge is 0.418 e. The Morgan fingerprint density at radius 1 is 1.16 bits per heavy atom. The van der Waals surface area contributed by atoms with E-state index < -0.39 is 11.7 Å². The molecule has 5 nitrogen and oxygen atoms in total. The zero-order valence-corrected chi connectivity index (χ0v) is 17.5. The number of alkyl halides is 3. The molecular weight excluding hydrogens is 425 g/mol. The summed E-state index contributed by atoms with van der Waals surface area (Å²) in [5.74, 6) is -0.231. The number of halogens is 3. The third kappa shape index (κ3) is 4.77. The summed E-state index contributed by atoms with van der Waals surface area (Å²) in [5.41, 5.74) is 0.933. The molecule has 2 heterocycles. The fraction of sp³-hybridized carbons (Fsp3) is 0.227. The van der Waals surface area contributed by atoms with E-state index in [1.165, 1.54) is 11.0 Å². The molecule has 0 atom stereocenters. The summed E-state index contributed by atoms with van der Waals surface area (Å²) >= 11 is 1.08. The molecule has 2 aromatic carbocycles. The highest BCUT2D eigenvalue weighted by atomic mass is 32.1. The van der Waals surface area contributed by atoms with E-state index in [0.29, 0.717) is 11.2 Å². The Kier molecular flexibility index (Phi) is 5.77. The molecule has 0 aliphatic rings. The van der Waals surface area contributed by atoms with Gasteiger partial charge in [0.05, 0.1) is 28.7 Å². The summed E-state index contributed by atoms with van der Waals surface area (Å²) in [6, 6.07) is 13.3. The number of fused-ring (bicyclic) bond motifs is 1. The van der Waals surface area contributed by atoms with Crippen molar-refractivity contribution in [2.45, 2.75) is 26.1 Å². The highest BCUT2D eigenvalue weighted by molar-refractivity contribution is 7.22. The zero-order valence-electron chi connectivity index (χ0n) is 16.6. The number of aromatic nitrogens is 3. The number of carbonyl (C=O) groups is 1.